The number of nitrogens with zero attached hydrogens (tertiary/aromatic N) is 2. The van der Waals surface area contributed by atoms with Gasteiger partial charge in [0.05, 0.1) is 29.5 Å². The minimum Gasteiger partial charge on any atom is -0.316 e. The van der Waals surface area contributed by atoms with Crippen molar-refractivity contribution in [2.75, 3.05) is 16.4 Å². The smallest absolute Gasteiger partial charge is 0.316 e. The number of carbonyl (C=O) groups is 1. The molecule has 5 nitrogen and oxygen atoms in total. The summed E-state index contributed by atoms with van der Waals surface area (Å²) in [5, 5.41) is -0.146. The molecule has 0 N–H and O–H groups in total. The molecule has 31 heavy (non-hydrogen) atoms. The number of hydrogen-bond acceptors (Lipinski definition) is 4. The second kappa shape index (κ2) is 7.98. The van der Waals surface area contributed by atoms with Crippen molar-refractivity contribution in [2.24, 2.45) is 4.99 Å². The van der Waals surface area contributed by atoms with E-state index in [1.165, 1.54) is 17.0 Å². The lowest BCUT2D eigenvalue weighted by molar-refractivity contribution is -0.137. The van der Waals surface area contributed by atoms with Gasteiger partial charge in [-0.3, -0.25) is 4.79 Å². The van der Waals surface area contributed by atoms with Gasteiger partial charge in [-0.15, -0.1) is 0 Å². The fraction of sp³-hybridized carbons (Fsp3) is 0.333. The second-order valence-electron chi connectivity index (χ2n) is 7.67. The summed E-state index contributed by atoms with van der Waals surface area (Å²) in [6.07, 6.45) is -4.49. The van der Waals surface area contributed by atoms with Crippen molar-refractivity contribution in [3.05, 3.63) is 65.2 Å². The molecule has 0 unspecified atom stereocenters. The largest absolute Gasteiger partial charge is 0.416 e. The number of aryl methyl sites for hydroxylation is 1. The molecule has 2 heterocycles. The molecule has 2 aromatic rings. The standard InChI is InChI=1S/C21H19F3N2O3S2/c1-13-4-2-5-14(8-13)9-19(27)25-20-26(17-11-31(28,29)12-18(17)30-20)16-7-3-6-15(10-16)21(22,23)24/h2-8,10,17-18H,9,11-12H2,1H3/t17-,18+/m0/s1. The number of anilines is 1. The molecular formula is C21H19F3N2O3S2. The van der Waals surface area contributed by atoms with Crippen LogP contribution < -0.4 is 4.90 Å². The molecule has 2 aliphatic rings. The Labute approximate surface area is 182 Å². The van der Waals surface area contributed by atoms with Gasteiger partial charge in [0.2, 0.25) is 0 Å². The van der Waals surface area contributed by atoms with Crippen molar-refractivity contribution in [3.8, 4) is 0 Å². The molecule has 2 fully saturated rings. The highest BCUT2D eigenvalue weighted by molar-refractivity contribution is 8.16. The van der Waals surface area contributed by atoms with Crippen LogP contribution in [0.5, 0.6) is 0 Å². The monoisotopic (exact) mass is 468 g/mol. The van der Waals surface area contributed by atoms with Crippen LogP contribution in [-0.4, -0.2) is 42.3 Å². The molecule has 1 amide bonds. The van der Waals surface area contributed by atoms with Crippen molar-refractivity contribution in [2.45, 2.75) is 30.8 Å². The highest BCUT2D eigenvalue weighted by Crippen LogP contribution is 2.42. The molecule has 2 atom stereocenters. The number of aliphatic imine (C=N–C) groups is 1. The summed E-state index contributed by atoms with van der Waals surface area (Å²) in [7, 11) is -3.31. The number of sulfone groups is 1. The number of halogens is 3. The summed E-state index contributed by atoms with van der Waals surface area (Å²) >= 11 is 1.14. The normalized spacial score (nSPS) is 23.9. The predicted molar refractivity (Wildman–Crippen MR) is 115 cm³/mol. The van der Waals surface area contributed by atoms with E-state index in [1.807, 2.05) is 25.1 Å². The lowest BCUT2D eigenvalue weighted by Crippen LogP contribution is -2.38. The molecule has 2 saturated heterocycles. The van der Waals surface area contributed by atoms with Gasteiger partial charge in [-0.2, -0.15) is 18.2 Å². The Morgan fingerprint density at radius 3 is 2.61 bits per heavy atom. The zero-order chi connectivity index (χ0) is 22.4. The Morgan fingerprint density at radius 1 is 1.16 bits per heavy atom. The summed E-state index contributed by atoms with van der Waals surface area (Å²) in [5.41, 5.74) is 1.11. The second-order valence-corrected chi connectivity index (χ2v) is 11.0. The Bertz CT molecular complexity index is 1160. The molecule has 0 spiro atoms. The van der Waals surface area contributed by atoms with Crippen LogP contribution in [0.3, 0.4) is 0 Å². The maximum atomic E-state index is 13.2. The summed E-state index contributed by atoms with van der Waals surface area (Å²) in [4.78, 5) is 18.3. The number of benzene rings is 2. The topological polar surface area (TPSA) is 66.8 Å². The first-order valence-corrected chi connectivity index (χ1v) is 12.2. The van der Waals surface area contributed by atoms with Gasteiger partial charge >= 0.3 is 6.18 Å². The van der Waals surface area contributed by atoms with Gasteiger partial charge < -0.3 is 4.90 Å². The van der Waals surface area contributed by atoms with Gasteiger partial charge in [-0.25, -0.2) is 8.42 Å². The van der Waals surface area contributed by atoms with Crippen molar-refractivity contribution in [3.63, 3.8) is 0 Å². The fourth-order valence-electron chi connectivity index (χ4n) is 3.84. The SMILES string of the molecule is Cc1cccc(CC(=O)N=C2S[C@@H]3CS(=O)(=O)C[C@@H]3N2c2cccc(C(F)(F)F)c2)c1. The van der Waals surface area contributed by atoms with Crippen molar-refractivity contribution in [1.29, 1.82) is 0 Å². The highest BCUT2D eigenvalue weighted by atomic mass is 32.2. The summed E-state index contributed by atoms with van der Waals surface area (Å²) in [6.45, 7) is 1.91. The zero-order valence-corrected chi connectivity index (χ0v) is 18.1. The van der Waals surface area contributed by atoms with Crippen LogP contribution in [0, 0.1) is 6.92 Å². The van der Waals surface area contributed by atoms with Gasteiger partial charge in [0.25, 0.3) is 5.91 Å². The van der Waals surface area contributed by atoms with Gasteiger partial charge in [-0.05, 0) is 30.7 Å². The summed E-state index contributed by atoms with van der Waals surface area (Å²) in [5.74, 6) is -0.720. The van der Waals surface area contributed by atoms with Crippen molar-refractivity contribution >= 4 is 38.4 Å². The maximum absolute atomic E-state index is 13.2. The highest BCUT2D eigenvalue weighted by Gasteiger charge is 2.49. The molecule has 164 valence electrons. The molecule has 0 radical (unpaired) electrons. The average molecular weight is 469 g/mol. The molecule has 4 rings (SSSR count). The van der Waals surface area contributed by atoms with E-state index < -0.39 is 33.5 Å². The first-order valence-electron chi connectivity index (χ1n) is 9.52. The third-order valence-electron chi connectivity index (χ3n) is 5.18. The van der Waals surface area contributed by atoms with Crippen LogP contribution in [0.4, 0.5) is 18.9 Å². The van der Waals surface area contributed by atoms with E-state index in [0.29, 0.717) is 0 Å². The number of amidine groups is 1. The molecule has 0 saturated carbocycles. The number of carbonyl (C=O) groups excluding carboxylic acids is 1. The van der Waals surface area contributed by atoms with Crippen molar-refractivity contribution in [1.82, 2.24) is 0 Å². The molecule has 0 bridgehead atoms. The lowest BCUT2D eigenvalue weighted by atomic mass is 10.1. The Hall–Kier alpha value is -2.33. The first kappa shape index (κ1) is 21.9. The molecular weight excluding hydrogens is 449 g/mol. The van der Waals surface area contributed by atoms with E-state index >= 15 is 0 Å². The summed E-state index contributed by atoms with van der Waals surface area (Å²) < 4.78 is 63.9. The van der Waals surface area contributed by atoms with Crippen LogP contribution in [0.1, 0.15) is 16.7 Å². The third kappa shape index (κ3) is 4.79. The van der Waals surface area contributed by atoms with E-state index in [9.17, 15) is 26.4 Å². The number of alkyl halides is 3. The van der Waals surface area contributed by atoms with E-state index in [-0.39, 0.29) is 34.0 Å². The minimum atomic E-state index is -4.54. The van der Waals surface area contributed by atoms with Crippen molar-refractivity contribution < 1.29 is 26.4 Å². The Kier molecular flexibility index (Phi) is 5.63. The quantitative estimate of drug-likeness (QED) is 0.685. The van der Waals surface area contributed by atoms with Crippen LogP contribution in [0.2, 0.25) is 0 Å². The van der Waals surface area contributed by atoms with E-state index in [2.05, 4.69) is 4.99 Å². The molecule has 10 heteroatoms. The van der Waals surface area contributed by atoms with E-state index in [4.69, 9.17) is 0 Å². The third-order valence-corrected chi connectivity index (χ3v) is 8.39. The zero-order valence-electron chi connectivity index (χ0n) is 16.5. The Morgan fingerprint density at radius 2 is 1.90 bits per heavy atom. The predicted octanol–water partition coefficient (Wildman–Crippen LogP) is 3.86. The minimum absolute atomic E-state index is 0.0514. The maximum Gasteiger partial charge on any atom is 0.416 e. The lowest BCUT2D eigenvalue weighted by Gasteiger charge is -2.25. The Balaban J connectivity index is 1.68. The molecule has 0 aromatic heterocycles. The van der Waals surface area contributed by atoms with Crippen LogP contribution in [0.25, 0.3) is 0 Å². The van der Waals surface area contributed by atoms with E-state index in [1.54, 1.807) is 6.07 Å². The van der Waals surface area contributed by atoms with E-state index in [0.717, 1.165) is 35.0 Å². The van der Waals surface area contributed by atoms with Gasteiger partial charge in [-0.1, -0.05) is 47.7 Å². The van der Waals surface area contributed by atoms with Gasteiger partial charge in [0.1, 0.15) is 0 Å². The first-order chi connectivity index (χ1) is 14.5. The number of rotatable bonds is 3. The average Bonchev–Trinajstić information content (AvgIpc) is 3.11. The molecule has 2 aromatic carbocycles. The number of thioether (sulfide) groups is 1. The van der Waals surface area contributed by atoms with Gasteiger partial charge in [0.15, 0.2) is 15.0 Å². The molecule has 0 aliphatic carbocycles. The van der Waals surface area contributed by atoms with Crippen LogP contribution >= 0.6 is 11.8 Å². The molecule has 2 aliphatic heterocycles. The number of amides is 1. The van der Waals surface area contributed by atoms with Gasteiger partial charge in [0, 0.05) is 10.9 Å². The number of fused-ring (bicyclic) bond motifs is 1. The summed E-state index contributed by atoms with van der Waals surface area (Å²) in [6, 6.07) is 11.5. The fourth-order valence-corrected chi connectivity index (χ4v) is 7.77. The number of hydrogen-bond donors (Lipinski definition) is 0. The van der Waals surface area contributed by atoms with Crippen LogP contribution in [0.15, 0.2) is 53.5 Å². The van der Waals surface area contributed by atoms with Crippen LogP contribution in [-0.2, 0) is 27.2 Å².